The Balaban J connectivity index is 2.24. The minimum absolute atomic E-state index is 0.327. The first kappa shape index (κ1) is 8.77. The minimum atomic E-state index is 0.327. The van der Waals surface area contributed by atoms with Gasteiger partial charge < -0.3 is 9.67 Å². The molecular weight excluding hydrogens is 188 g/mol. The zero-order chi connectivity index (χ0) is 10.4. The van der Waals surface area contributed by atoms with Gasteiger partial charge in [0.05, 0.1) is 5.52 Å². The van der Waals surface area contributed by atoms with Crippen molar-refractivity contribution in [1.29, 1.82) is 0 Å². The van der Waals surface area contributed by atoms with Crippen molar-refractivity contribution in [2.45, 2.75) is 25.2 Å². The molecule has 0 bridgehead atoms. The predicted molar refractivity (Wildman–Crippen MR) is 59.0 cm³/mol. The molecule has 0 radical (unpaired) electrons. The lowest BCUT2D eigenvalue weighted by atomic mass is 9.85. The van der Waals surface area contributed by atoms with E-state index in [1.54, 1.807) is 6.07 Å². The highest BCUT2D eigenvalue weighted by atomic mass is 16.3. The lowest BCUT2D eigenvalue weighted by Crippen LogP contribution is -2.13. The van der Waals surface area contributed by atoms with Crippen molar-refractivity contribution in [3.05, 3.63) is 24.0 Å². The van der Waals surface area contributed by atoms with Crippen LogP contribution in [0.2, 0.25) is 0 Å². The number of fused-ring (bicyclic) bond motifs is 1. The smallest absolute Gasteiger partial charge is 0.141 e. The van der Waals surface area contributed by atoms with Crippen LogP contribution in [-0.4, -0.2) is 14.7 Å². The lowest BCUT2D eigenvalue weighted by molar-refractivity contribution is 0.394. The van der Waals surface area contributed by atoms with Crippen molar-refractivity contribution in [3.8, 4) is 5.75 Å². The summed E-state index contributed by atoms with van der Waals surface area (Å²) in [5, 5.41) is 9.78. The van der Waals surface area contributed by atoms with Crippen LogP contribution in [0.3, 0.4) is 0 Å². The normalized spacial score (nSPS) is 16.9. The van der Waals surface area contributed by atoms with E-state index < -0.39 is 0 Å². The minimum Gasteiger partial charge on any atom is -0.506 e. The Morgan fingerprint density at radius 1 is 1.40 bits per heavy atom. The van der Waals surface area contributed by atoms with E-state index in [9.17, 15) is 5.11 Å². The summed E-state index contributed by atoms with van der Waals surface area (Å²) >= 11 is 0. The van der Waals surface area contributed by atoms with E-state index in [1.165, 1.54) is 19.3 Å². The number of phenols is 1. The van der Waals surface area contributed by atoms with Crippen LogP contribution >= 0.6 is 0 Å². The summed E-state index contributed by atoms with van der Waals surface area (Å²) in [6.45, 7) is 0. The molecule has 2 aromatic rings. The third kappa shape index (κ3) is 1.16. The quantitative estimate of drug-likeness (QED) is 0.771. The number of aromatic nitrogens is 2. The molecule has 3 heteroatoms. The highest BCUT2D eigenvalue weighted by Gasteiger charge is 2.25. The average Bonchev–Trinajstić information content (AvgIpc) is 2.43. The van der Waals surface area contributed by atoms with Gasteiger partial charge in [-0.2, -0.15) is 0 Å². The zero-order valence-corrected chi connectivity index (χ0v) is 8.77. The second kappa shape index (κ2) is 2.99. The Morgan fingerprint density at radius 2 is 2.20 bits per heavy atom. The van der Waals surface area contributed by atoms with Gasteiger partial charge in [-0.05, 0) is 25.0 Å². The second-order valence-electron chi connectivity index (χ2n) is 4.30. The summed E-state index contributed by atoms with van der Waals surface area (Å²) in [6, 6.07) is 5.51. The number of rotatable bonds is 1. The average molecular weight is 202 g/mol. The fraction of sp³-hybridized carbons (Fsp3) is 0.417. The number of hydrogen-bond acceptors (Lipinski definition) is 2. The van der Waals surface area contributed by atoms with Gasteiger partial charge in [0, 0.05) is 13.0 Å². The molecule has 0 aliphatic heterocycles. The Hall–Kier alpha value is -1.51. The van der Waals surface area contributed by atoms with Crippen molar-refractivity contribution in [2.24, 2.45) is 7.05 Å². The monoisotopic (exact) mass is 202 g/mol. The molecule has 1 aliphatic carbocycles. The van der Waals surface area contributed by atoms with Crippen LogP contribution in [0, 0.1) is 0 Å². The molecule has 3 nitrogen and oxygen atoms in total. The topological polar surface area (TPSA) is 38.0 Å². The van der Waals surface area contributed by atoms with Crippen LogP contribution in [0.5, 0.6) is 5.75 Å². The Bertz CT molecular complexity index is 512. The molecule has 1 saturated carbocycles. The number of para-hydroxylation sites is 1. The fourth-order valence-electron chi connectivity index (χ4n) is 2.30. The van der Waals surface area contributed by atoms with Crippen LogP contribution in [0.15, 0.2) is 18.2 Å². The van der Waals surface area contributed by atoms with E-state index in [2.05, 4.69) is 4.98 Å². The molecule has 1 aromatic carbocycles. The first-order chi connectivity index (χ1) is 7.27. The van der Waals surface area contributed by atoms with E-state index in [1.807, 2.05) is 23.7 Å². The maximum atomic E-state index is 9.78. The van der Waals surface area contributed by atoms with E-state index >= 15 is 0 Å². The number of benzene rings is 1. The van der Waals surface area contributed by atoms with Gasteiger partial charge in [-0.3, -0.25) is 0 Å². The molecule has 1 heterocycles. The molecule has 1 N–H and O–H groups in total. The van der Waals surface area contributed by atoms with Gasteiger partial charge in [0.15, 0.2) is 0 Å². The number of hydrogen-bond donors (Lipinski definition) is 1. The Kier molecular flexibility index (Phi) is 1.75. The molecule has 3 rings (SSSR count). The van der Waals surface area contributed by atoms with Gasteiger partial charge >= 0.3 is 0 Å². The number of imidazole rings is 1. The van der Waals surface area contributed by atoms with Gasteiger partial charge in [0.25, 0.3) is 0 Å². The predicted octanol–water partition coefficient (Wildman–Crippen LogP) is 2.55. The SMILES string of the molecule is Cn1c(C2CCC2)nc2cccc(O)c21. The lowest BCUT2D eigenvalue weighted by Gasteiger charge is -2.24. The Morgan fingerprint density at radius 3 is 2.80 bits per heavy atom. The Labute approximate surface area is 88.4 Å². The van der Waals surface area contributed by atoms with Gasteiger partial charge in [-0.25, -0.2) is 4.98 Å². The zero-order valence-electron chi connectivity index (χ0n) is 8.77. The third-order valence-corrected chi connectivity index (χ3v) is 3.38. The van der Waals surface area contributed by atoms with Crippen LogP contribution in [0.25, 0.3) is 11.0 Å². The van der Waals surface area contributed by atoms with Gasteiger partial charge in [-0.1, -0.05) is 12.5 Å². The molecular formula is C12H14N2O. The first-order valence-electron chi connectivity index (χ1n) is 5.41. The van der Waals surface area contributed by atoms with Crippen LogP contribution < -0.4 is 0 Å². The maximum absolute atomic E-state index is 9.78. The molecule has 0 atom stereocenters. The highest BCUT2D eigenvalue weighted by molar-refractivity contribution is 5.82. The van der Waals surface area contributed by atoms with Gasteiger partial charge in [0.2, 0.25) is 0 Å². The van der Waals surface area contributed by atoms with E-state index in [-0.39, 0.29) is 0 Å². The van der Waals surface area contributed by atoms with Crippen LogP contribution in [0.1, 0.15) is 31.0 Å². The standard InChI is InChI=1S/C12H14N2O/c1-14-11-9(6-3-7-10(11)15)13-12(14)8-4-2-5-8/h3,6-8,15H,2,4-5H2,1H3. The highest BCUT2D eigenvalue weighted by Crippen LogP contribution is 2.37. The first-order valence-corrected chi connectivity index (χ1v) is 5.41. The number of phenolic OH excluding ortho intramolecular Hbond substituents is 1. The fourth-order valence-corrected chi connectivity index (χ4v) is 2.30. The molecule has 0 spiro atoms. The number of aryl methyl sites for hydroxylation is 1. The summed E-state index contributed by atoms with van der Waals surface area (Å²) < 4.78 is 2.04. The summed E-state index contributed by atoms with van der Waals surface area (Å²) in [5.41, 5.74) is 1.76. The summed E-state index contributed by atoms with van der Waals surface area (Å²) in [4.78, 5) is 4.60. The number of aromatic hydroxyl groups is 1. The molecule has 78 valence electrons. The summed E-state index contributed by atoms with van der Waals surface area (Å²) in [5.74, 6) is 2.05. The van der Waals surface area contributed by atoms with Crippen LogP contribution in [-0.2, 0) is 7.05 Å². The molecule has 1 fully saturated rings. The molecule has 0 amide bonds. The summed E-state index contributed by atoms with van der Waals surface area (Å²) in [6.07, 6.45) is 3.77. The van der Waals surface area contributed by atoms with E-state index in [0.29, 0.717) is 11.7 Å². The van der Waals surface area contributed by atoms with Gasteiger partial charge in [0.1, 0.15) is 17.1 Å². The molecule has 0 saturated heterocycles. The van der Waals surface area contributed by atoms with Crippen molar-refractivity contribution in [3.63, 3.8) is 0 Å². The van der Waals surface area contributed by atoms with E-state index in [0.717, 1.165) is 16.9 Å². The number of nitrogens with zero attached hydrogens (tertiary/aromatic N) is 2. The third-order valence-electron chi connectivity index (χ3n) is 3.38. The summed E-state index contributed by atoms with van der Waals surface area (Å²) in [7, 11) is 1.99. The van der Waals surface area contributed by atoms with Gasteiger partial charge in [-0.15, -0.1) is 0 Å². The van der Waals surface area contributed by atoms with Crippen molar-refractivity contribution in [2.75, 3.05) is 0 Å². The molecule has 0 unspecified atom stereocenters. The molecule has 1 aliphatic rings. The van der Waals surface area contributed by atoms with Crippen LogP contribution in [0.4, 0.5) is 0 Å². The molecule has 1 aromatic heterocycles. The molecule has 15 heavy (non-hydrogen) atoms. The largest absolute Gasteiger partial charge is 0.506 e. The van der Waals surface area contributed by atoms with Crippen molar-refractivity contribution < 1.29 is 5.11 Å². The maximum Gasteiger partial charge on any atom is 0.141 e. The van der Waals surface area contributed by atoms with Crippen molar-refractivity contribution >= 4 is 11.0 Å². The van der Waals surface area contributed by atoms with Crippen molar-refractivity contribution in [1.82, 2.24) is 9.55 Å². The van der Waals surface area contributed by atoms with E-state index in [4.69, 9.17) is 0 Å². The second-order valence-corrected chi connectivity index (χ2v) is 4.30.